The van der Waals surface area contributed by atoms with Crippen molar-refractivity contribution < 1.29 is 13.5 Å². The van der Waals surface area contributed by atoms with Gasteiger partial charge in [-0.05, 0) is 19.8 Å². The molecule has 2 unspecified atom stereocenters. The lowest BCUT2D eigenvalue weighted by Gasteiger charge is -2.25. The first-order chi connectivity index (χ1) is 6.58. The van der Waals surface area contributed by atoms with Crippen LogP contribution in [0.4, 0.5) is 0 Å². The fourth-order valence-corrected chi connectivity index (χ4v) is 3.76. The van der Waals surface area contributed by atoms with Gasteiger partial charge in [0, 0.05) is 6.42 Å². The zero-order valence-electron chi connectivity index (χ0n) is 8.36. The lowest BCUT2D eigenvalue weighted by atomic mass is 10.1. The third-order valence-corrected chi connectivity index (χ3v) is 4.88. The molecule has 1 fully saturated rings. The third-order valence-electron chi connectivity index (χ3n) is 2.55. The zero-order chi connectivity index (χ0) is 10.6. The minimum absolute atomic E-state index is 0.217. The van der Waals surface area contributed by atoms with Crippen LogP contribution in [0.25, 0.3) is 0 Å². The second-order valence-corrected chi connectivity index (χ2v) is 5.94. The smallest absolute Gasteiger partial charge is 0.155 e. The van der Waals surface area contributed by atoms with Crippen LogP contribution in [0.3, 0.4) is 0 Å². The van der Waals surface area contributed by atoms with Gasteiger partial charge in [-0.15, -0.1) is 11.8 Å². The van der Waals surface area contributed by atoms with Crippen LogP contribution in [-0.2, 0) is 9.84 Å². The lowest BCUT2D eigenvalue weighted by molar-refractivity contribution is 0.167. The highest BCUT2D eigenvalue weighted by atomic mass is 32.2. The first-order valence-corrected chi connectivity index (χ1v) is 6.58. The van der Waals surface area contributed by atoms with E-state index in [0.29, 0.717) is 6.42 Å². The largest absolute Gasteiger partial charge is 0.391 e. The van der Waals surface area contributed by atoms with E-state index in [1.807, 2.05) is 0 Å². The fourth-order valence-electron chi connectivity index (χ4n) is 1.75. The maximum Gasteiger partial charge on any atom is 0.155 e. The molecule has 1 aliphatic heterocycles. The molecule has 1 N–H and O–H groups in total. The topological polar surface area (TPSA) is 54.4 Å². The zero-order valence-corrected chi connectivity index (χ0v) is 9.18. The highest BCUT2D eigenvalue weighted by molar-refractivity contribution is 7.92. The molecule has 1 saturated heterocycles. The van der Waals surface area contributed by atoms with Crippen LogP contribution in [0.15, 0.2) is 0 Å². The molecule has 0 aliphatic carbocycles. The quantitative estimate of drug-likeness (QED) is 0.692. The molecule has 3 nitrogen and oxygen atoms in total. The van der Waals surface area contributed by atoms with E-state index in [2.05, 4.69) is 11.8 Å². The average Bonchev–Trinajstić information content (AvgIpc) is 2.13. The van der Waals surface area contributed by atoms with Crippen molar-refractivity contribution in [3.63, 3.8) is 0 Å². The summed E-state index contributed by atoms with van der Waals surface area (Å²) in [5, 5.41) is 9.07. The van der Waals surface area contributed by atoms with Crippen LogP contribution >= 0.6 is 0 Å². The number of sulfone groups is 1. The standard InChI is InChI=1S/C10H16O3S/c1-2-3-6-9(11)10-7-4-5-8-14(10,12)13/h9-11H,4-8H2,1H3. The normalized spacial score (nSPS) is 27.4. The highest BCUT2D eigenvalue weighted by Crippen LogP contribution is 2.23. The van der Waals surface area contributed by atoms with Gasteiger partial charge in [0.1, 0.15) is 0 Å². The van der Waals surface area contributed by atoms with Crippen molar-refractivity contribution in [2.24, 2.45) is 0 Å². The van der Waals surface area contributed by atoms with E-state index < -0.39 is 21.2 Å². The van der Waals surface area contributed by atoms with Crippen molar-refractivity contribution in [3.05, 3.63) is 0 Å². The Morgan fingerprint density at radius 3 is 2.79 bits per heavy atom. The molecule has 0 radical (unpaired) electrons. The predicted octanol–water partition coefficient (Wildman–Crippen LogP) is 0.728. The van der Waals surface area contributed by atoms with Gasteiger partial charge in [0.05, 0.1) is 17.1 Å². The molecular weight excluding hydrogens is 200 g/mol. The second kappa shape index (κ2) is 4.81. The molecule has 80 valence electrons. The first-order valence-electron chi connectivity index (χ1n) is 4.87. The first kappa shape index (κ1) is 11.5. The lowest BCUT2D eigenvalue weighted by Crippen LogP contribution is -2.38. The Morgan fingerprint density at radius 1 is 1.50 bits per heavy atom. The van der Waals surface area contributed by atoms with Crippen LogP contribution in [0.2, 0.25) is 0 Å². The molecular formula is C10H16O3S. The van der Waals surface area contributed by atoms with Crippen molar-refractivity contribution in [3.8, 4) is 11.8 Å². The van der Waals surface area contributed by atoms with Crippen LogP contribution in [0, 0.1) is 11.8 Å². The van der Waals surface area contributed by atoms with Crippen molar-refractivity contribution in [2.75, 3.05) is 5.75 Å². The molecule has 1 rings (SSSR count). The van der Waals surface area contributed by atoms with Gasteiger partial charge in [0.2, 0.25) is 0 Å². The summed E-state index contributed by atoms with van der Waals surface area (Å²) in [6.45, 7) is 1.68. The summed E-state index contributed by atoms with van der Waals surface area (Å²) in [5.74, 6) is 5.60. The molecule has 0 aromatic rings. The Kier molecular flexibility index (Phi) is 3.97. The molecule has 0 spiro atoms. The van der Waals surface area contributed by atoms with Gasteiger partial charge in [-0.2, -0.15) is 0 Å². The van der Waals surface area contributed by atoms with Gasteiger partial charge in [-0.1, -0.05) is 6.42 Å². The van der Waals surface area contributed by atoms with Crippen LogP contribution in [-0.4, -0.2) is 30.6 Å². The van der Waals surface area contributed by atoms with E-state index in [9.17, 15) is 13.5 Å². The van der Waals surface area contributed by atoms with E-state index in [0.717, 1.165) is 12.8 Å². The van der Waals surface area contributed by atoms with Crippen molar-refractivity contribution >= 4 is 9.84 Å². The summed E-state index contributed by atoms with van der Waals surface area (Å²) in [5.41, 5.74) is 0. The van der Waals surface area contributed by atoms with E-state index in [1.165, 1.54) is 0 Å². The molecule has 4 heteroatoms. The Labute approximate surface area is 85.4 Å². The van der Waals surface area contributed by atoms with Crippen LogP contribution in [0.5, 0.6) is 0 Å². The summed E-state index contributed by atoms with van der Waals surface area (Å²) in [4.78, 5) is 0. The number of hydrogen-bond donors (Lipinski definition) is 1. The minimum atomic E-state index is -3.07. The van der Waals surface area contributed by atoms with Gasteiger partial charge in [-0.3, -0.25) is 0 Å². The molecule has 0 bridgehead atoms. The third kappa shape index (κ3) is 2.73. The molecule has 1 heterocycles. The molecule has 0 aromatic carbocycles. The van der Waals surface area contributed by atoms with Crippen LogP contribution in [0.1, 0.15) is 32.6 Å². The number of hydrogen-bond acceptors (Lipinski definition) is 3. The molecule has 1 aliphatic rings. The SMILES string of the molecule is CC#CCC(O)C1CCCCS1(=O)=O. The van der Waals surface area contributed by atoms with Gasteiger partial charge in [-0.25, -0.2) is 8.42 Å². The van der Waals surface area contributed by atoms with Crippen molar-refractivity contribution in [2.45, 2.75) is 44.0 Å². The van der Waals surface area contributed by atoms with Crippen LogP contribution < -0.4 is 0 Å². The summed E-state index contributed by atoms with van der Waals surface area (Å²) in [7, 11) is -3.07. The predicted molar refractivity (Wildman–Crippen MR) is 55.5 cm³/mol. The molecule has 0 aromatic heterocycles. The maximum absolute atomic E-state index is 11.6. The minimum Gasteiger partial charge on any atom is -0.391 e. The molecule has 0 saturated carbocycles. The molecule has 0 amide bonds. The van der Waals surface area contributed by atoms with E-state index in [-0.39, 0.29) is 12.2 Å². The average molecular weight is 216 g/mol. The van der Waals surface area contributed by atoms with Gasteiger partial charge >= 0.3 is 0 Å². The Morgan fingerprint density at radius 2 is 2.21 bits per heavy atom. The monoisotopic (exact) mass is 216 g/mol. The number of rotatable bonds is 2. The summed E-state index contributed by atoms with van der Waals surface area (Å²) in [6.07, 6.45) is 1.65. The fraction of sp³-hybridized carbons (Fsp3) is 0.800. The summed E-state index contributed by atoms with van der Waals surface area (Å²) >= 11 is 0. The van der Waals surface area contributed by atoms with Gasteiger partial charge < -0.3 is 5.11 Å². The van der Waals surface area contributed by atoms with E-state index >= 15 is 0 Å². The number of aliphatic hydroxyl groups excluding tert-OH is 1. The number of aliphatic hydroxyl groups is 1. The maximum atomic E-state index is 11.6. The van der Waals surface area contributed by atoms with Gasteiger partial charge in [0.25, 0.3) is 0 Å². The highest BCUT2D eigenvalue weighted by Gasteiger charge is 2.33. The van der Waals surface area contributed by atoms with Crippen molar-refractivity contribution in [1.82, 2.24) is 0 Å². The Bertz CT molecular complexity index is 334. The summed E-state index contributed by atoms with van der Waals surface area (Å²) in [6, 6.07) is 0. The van der Waals surface area contributed by atoms with E-state index in [4.69, 9.17) is 0 Å². The molecule has 14 heavy (non-hydrogen) atoms. The van der Waals surface area contributed by atoms with Crippen molar-refractivity contribution in [1.29, 1.82) is 0 Å². The second-order valence-electron chi connectivity index (χ2n) is 3.60. The Balaban J connectivity index is 2.68. The van der Waals surface area contributed by atoms with E-state index in [1.54, 1.807) is 6.92 Å². The Hall–Kier alpha value is -0.530. The summed E-state index contributed by atoms with van der Waals surface area (Å²) < 4.78 is 23.2. The van der Waals surface area contributed by atoms with Gasteiger partial charge in [0.15, 0.2) is 9.84 Å². The molecule has 2 atom stereocenters.